The molecule has 0 spiro atoms. The molecule has 4 N–H and O–H groups in total. The summed E-state index contributed by atoms with van der Waals surface area (Å²) < 4.78 is 5.40. The number of methoxy groups -OCH3 is 1. The minimum Gasteiger partial charge on any atom is -0.496 e. The number of amides is 1. The zero-order chi connectivity index (χ0) is 27.2. The van der Waals surface area contributed by atoms with E-state index >= 15 is 0 Å². The second-order valence-corrected chi connectivity index (χ2v) is 9.71. The average Bonchev–Trinajstić information content (AvgIpc) is 3.40. The number of rotatable bonds is 11. The van der Waals surface area contributed by atoms with E-state index in [-0.39, 0.29) is 31.1 Å². The number of hydrogen-bond donors (Lipinski definition) is 3. The number of nitrogens with zero attached hydrogens (tertiary/aromatic N) is 1. The van der Waals surface area contributed by atoms with Gasteiger partial charge in [-0.3, -0.25) is 14.6 Å². The molecule has 2 heterocycles. The molecule has 0 aliphatic heterocycles. The van der Waals surface area contributed by atoms with E-state index < -0.39 is 12.0 Å². The summed E-state index contributed by atoms with van der Waals surface area (Å²) >= 11 is 0. The highest BCUT2D eigenvalue weighted by atomic mass is 16.5. The van der Waals surface area contributed by atoms with Gasteiger partial charge >= 0.3 is 0 Å². The van der Waals surface area contributed by atoms with Crippen molar-refractivity contribution >= 4 is 33.5 Å². The number of aryl methyl sites for hydroxylation is 1. The zero-order valence-corrected chi connectivity index (χ0v) is 21.9. The van der Waals surface area contributed by atoms with E-state index in [1.807, 2.05) is 85.1 Å². The molecule has 7 nitrogen and oxygen atoms in total. The van der Waals surface area contributed by atoms with E-state index in [9.17, 15) is 9.59 Å². The van der Waals surface area contributed by atoms with E-state index in [1.165, 1.54) is 0 Å². The molecule has 0 radical (unpaired) electrons. The maximum atomic E-state index is 13.7. The van der Waals surface area contributed by atoms with Crippen LogP contribution in [-0.2, 0) is 22.4 Å². The molecular weight excluding hydrogens is 488 g/mol. The monoisotopic (exact) mass is 520 g/mol. The minimum atomic E-state index is -0.607. The molecule has 2 aromatic heterocycles. The SMILES string of the molecule is COc1ccccc1CCC(=O)NCC(C(=O)Cc1ccc2ncccc2c1)C(N)c1c[nH]c2ccccc12. The normalized spacial score (nSPS) is 12.8. The molecule has 0 fully saturated rings. The summed E-state index contributed by atoms with van der Waals surface area (Å²) in [6, 6.07) is 24.6. The third kappa shape index (κ3) is 5.99. The van der Waals surface area contributed by atoms with Crippen LogP contribution >= 0.6 is 0 Å². The number of carbonyl (C=O) groups is 2. The molecule has 5 rings (SSSR count). The lowest BCUT2D eigenvalue weighted by Crippen LogP contribution is -2.39. The first kappa shape index (κ1) is 26.1. The minimum absolute atomic E-state index is 0.0268. The fraction of sp³-hybridized carbons (Fsp3) is 0.219. The van der Waals surface area contributed by atoms with Crippen LogP contribution in [-0.4, -0.2) is 35.3 Å². The van der Waals surface area contributed by atoms with E-state index in [0.717, 1.165) is 44.2 Å². The summed E-state index contributed by atoms with van der Waals surface area (Å²) in [6.45, 7) is 0.152. The third-order valence-corrected chi connectivity index (χ3v) is 7.21. The Labute approximate surface area is 227 Å². The maximum Gasteiger partial charge on any atom is 0.220 e. The summed E-state index contributed by atoms with van der Waals surface area (Å²) in [7, 11) is 1.62. The molecule has 0 aliphatic rings. The molecule has 0 saturated carbocycles. The molecule has 198 valence electrons. The average molecular weight is 521 g/mol. The van der Waals surface area contributed by atoms with Gasteiger partial charge in [0.25, 0.3) is 0 Å². The van der Waals surface area contributed by atoms with E-state index in [4.69, 9.17) is 10.5 Å². The van der Waals surface area contributed by atoms with Crippen molar-refractivity contribution in [2.45, 2.75) is 25.3 Å². The fourth-order valence-corrected chi connectivity index (χ4v) is 5.06. The van der Waals surface area contributed by atoms with Gasteiger partial charge in [0.05, 0.1) is 18.5 Å². The number of fused-ring (bicyclic) bond motifs is 2. The van der Waals surface area contributed by atoms with Crippen LogP contribution in [0.1, 0.15) is 29.2 Å². The number of nitrogens with two attached hydrogens (primary N) is 1. The lowest BCUT2D eigenvalue weighted by Gasteiger charge is -2.23. The number of nitrogens with one attached hydrogen (secondary N) is 2. The second-order valence-electron chi connectivity index (χ2n) is 9.71. The van der Waals surface area contributed by atoms with Crippen molar-refractivity contribution in [1.82, 2.24) is 15.3 Å². The highest BCUT2D eigenvalue weighted by Crippen LogP contribution is 2.29. The van der Waals surface area contributed by atoms with Crippen LogP contribution in [0, 0.1) is 5.92 Å². The molecule has 3 aromatic carbocycles. The standard InChI is InChI=1S/C32H32N4O3/c1-39-30-11-5-2-7-22(30)13-15-31(38)36-20-26(32(33)25-19-35-28-10-4-3-9-24(25)28)29(37)18-21-12-14-27-23(17-21)8-6-16-34-27/h2-12,14,16-17,19,26,32,35H,13,15,18,20,33H2,1H3,(H,36,38). The van der Waals surface area contributed by atoms with Gasteiger partial charge in [-0.05, 0) is 53.4 Å². The molecule has 7 heteroatoms. The second kappa shape index (κ2) is 11.9. The van der Waals surface area contributed by atoms with Gasteiger partial charge in [0, 0.05) is 54.1 Å². The number of hydrogen-bond acceptors (Lipinski definition) is 5. The molecular formula is C32H32N4O3. The number of ketones is 1. The van der Waals surface area contributed by atoms with Gasteiger partial charge in [0.15, 0.2) is 0 Å². The Morgan fingerprint density at radius 2 is 1.85 bits per heavy atom. The van der Waals surface area contributed by atoms with Crippen molar-refractivity contribution in [2.24, 2.45) is 11.7 Å². The Kier molecular flexibility index (Phi) is 7.99. The number of pyridine rings is 1. The van der Waals surface area contributed by atoms with Crippen molar-refractivity contribution in [2.75, 3.05) is 13.7 Å². The number of benzene rings is 3. The van der Waals surface area contributed by atoms with Crippen molar-refractivity contribution in [3.05, 3.63) is 108 Å². The number of para-hydroxylation sites is 2. The van der Waals surface area contributed by atoms with Gasteiger partial charge < -0.3 is 20.8 Å². The largest absolute Gasteiger partial charge is 0.496 e. The quantitative estimate of drug-likeness (QED) is 0.229. The molecule has 5 aromatic rings. The molecule has 1 amide bonds. The molecule has 0 aliphatic carbocycles. The molecule has 0 bridgehead atoms. The van der Waals surface area contributed by atoms with Gasteiger partial charge in [-0.2, -0.15) is 0 Å². The molecule has 2 unspecified atom stereocenters. The number of H-pyrrole nitrogens is 1. The van der Waals surface area contributed by atoms with Crippen LogP contribution in [0.3, 0.4) is 0 Å². The zero-order valence-electron chi connectivity index (χ0n) is 21.9. The summed E-state index contributed by atoms with van der Waals surface area (Å²) in [5, 5.41) is 4.93. The number of ether oxygens (including phenoxy) is 1. The number of Topliss-reactive ketones (excluding diaryl/α,β-unsaturated/α-hetero) is 1. The fourth-order valence-electron chi connectivity index (χ4n) is 5.06. The van der Waals surface area contributed by atoms with Crippen molar-refractivity contribution < 1.29 is 14.3 Å². The first-order valence-electron chi connectivity index (χ1n) is 13.1. The van der Waals surface area contributed by atoms with E-state index in [1.54, 1.807) is 13.3 Å². The summed E-state index contributed by atoms with van der Waals surface area (Å²) in [5.74, 6) is -0.0167. The summed E-state index contributed by atoms with van der Waals surface area (Å²) in [4.78, 5) is 34.2. The van der Waals surface area contributed by atoms with Gasteiger partial charge in [0.1, 0.15) is 11.5 Å². The highest BCUT2D eigenvalue weighted by molar-refractivity contribution is 5.89. The van der Waals surface area contributed by atoms with E-state index in [2.05, 4.69) is 15.3 Å². The Bertz CT molecular complexity index is 1610. The van der Waals surface area contributed by atoms with E-state index in [0.29, 0.717) is 6.42 Å². The Hall–Kier alpha value is -4.49. The topological polar surface area (TPSA) is 110 Å². The van der Waals surface area contributed by atoms with Crippen LogP contribution < -0.4 is 15.8 Å². The van der Waals surface area contributed by atoms with Crippen LogP contribution in [0.15, 0.2) is 91.3 Å². The van der Waals surface area contributed by atoms with Crippen molar-refractivity contribution in [3.63, 3.8) is 0 Å². The summed E-state index contributed by atoms with van der Waals surface area (Å²) in [5.41, 5.74) is 11.3. The van der Waals surface area contributed by atoms with Gasteiger partial charge in [-0.1, -0.05) is 48.5 Å². The van der Waals surface area contributed by atoms with Crippen LogP contribution in [0.4, 0.5) is 0 Å². The van der Waals surface area contributed by atoms with Crippen molar-refractivity contribution in [1.29, 1.82) is 0 Å². The highest BCUT2D eigenvalue weighted by Gasteiger charge is 2.29. The van der Waals surface area contributed by atoms with Gasteiger partial charge in [-0.15, -0.1) is 0 Å². The molecule has 0 saturated heterocycles. The Morgan fingerprint density at radius 3 is 2.72 bits per heavy atom. The maximum absolute atomic E-state index is 13.7. The first-order valence-corrected chi connectivity index (χ1v) is 13.1. The third-order valence-electron chi connectivity index (χ3n) is 7.21. The Balaban J connectivity index is 1.33. The predicted molar refractivity (Wildman–Crippen MR) is 153 cm³/mol. The number of carbonyl (C=O) groups excluding carboxylic acids is 2. The van der Waals surface area contributed by atoms with Crippen LogP contribution in [0.2, 0.25) is 0 Å². The van der Waals surface area contributed by atoms with Crippen LogP contribution in [0.5, 0.6) is 5.75 Å². The lowest BCUT2D eigenvalue weighted by atomic mass is 9.87. The Morgan fingerprint density at radius 1 is 1.03 bits per heavy atom. The smallest absolute Gasteiger partial charge is 0.220 e. The van der Waals surface area contributed by atoms with Crippen molar-refractivity contribution in [3.8, 4) is 5.75 Å². The lowest BCUT2D eigenvalue weighted by molar-refractivity contribution is -0.124. The number of aromatic amines is 1. The summed E-state index contributed by atoms with van der Waals surface area (Å²) in [6.07, 6.45) is 4.64. The van der Waals surface area contributed by atoms with Gasteiger partial charge in [-0.25, -0.2) is 0 Å². The van der Waals surface area contributed by atoms with Crippen LogP contribution in [0.25, 0.3) is 21.8 Å². The molecule has 39 heavy (non-hydrogen) atoms. The predicted octanol–water partition coefficient (Wildman–Crippen LogP) is 4.90. The number of aromatic nitrogens is 2. The molecule has 2 atom stereocenters. The first-order chi connectivity index (χ1) is 19.0. The van der Waals surface area contributed by atoms with Gasteiger partial charge in [0.2, 0.25) is 5.91 Å².